The van der Waals surface area contributed by atoms with E-state index in [1.807, 2.05) is 13.8 Å². The zero-order valence-corrected chi connectivity index (χ0v) is 16.4. The number of hydrogen-bond acceptors (Lipinski definition) is 2. The summed E-state index contributed by atoms with van der Waals surface area (Å²) in [5, 5.41) is 0. The van der Waals surface area contributed by atoms with Gasteiger partial charge in [-0.2, -0.15) is 0 Å². The monoisotopic (exact) mass is 330 g/mol. The predicted molar refractivity (Wildman–Crippen MR) is 101 cm³/mol. The number of ether oxygens (including phenoxy) is 2. The van der Waals surface area contributed by atoms with E-state index in [1.54, 1.807) is 0 Å². The molecule has 0 saturated heterocycles. The van der Waals surface area contributed by atoms with Crippen molar-refractivity contribution in [1.29, 1.82) is 0 Å². The first-order valence-electron chi connectivity index (χ1n) is 9.44. The van der Waals surface area contributed by atoms with Crippen LogP contribution in [0, 0.1) is 29.1 Å². The molecule has 4 unspecified atom stereocenters. The van der Waals surface area contributed by atoms with Crippen LogP contribution in [0.15, 0.2) is 47.5 Å². The molecule has 24 heavy (non-hydrogen) atoms. The zero-order valence-electron chi connectivity index (χ0n) is 16.4. The van der Waals surface area contributed by atoms with Crippen molar-refractivity contribution in [3.8, 4) is 0 Å². The first kappa shape index (κ1) is 18.9. The Balaban J connectivity index is 0.00000100. The zero-order chi connectivity index (χ0) is 17.9. The van der Waals surface area contributed by atoms with Gasteiger partial charge in [-0.25, -0.2) is 0 Å². The van der Waals surface area contributed by atoms with Crippen LogP contribution < -0.4 is 0 Å². The van der Waals surface area contributed by atoms with Crippen molar-refractivity contribution < 1.29 is 9.47 Å². The van der Waals surface area contributed by atoms with Gasteiger partial charge in [-0.15, -0.1) is 0 Å². The lowest BCUT2D eigenvalue weighted by atomic mass is 9.81. The third-order valence-electron chi connectivity index (χ3n) is 5.20. The molecular weight excluding hydrogens is 296 g/mol. The SMILES string of the molecule is CC.CC1C=CC2=CC3=C(OCC(C(C)(C)C)CO3)C(C)C2C=C1. The lowest BCUT2D eigenvalue weighted by Crippen LogP contribution is -2.28. The molecule has 1 aliphatic heterocycles. The highest BCUT2D eigenvalue weighted by atomic mass is 16.5. The van der Waals surface area contributed by atoms with E-state index in [0.717, 1.165) is 24.7 Å². The molecule has 0 N–H and O–H groups in total. The highest BCUT2D eigenvalue weighted by Gasteiger charge is 2.35. The van der Waals surface area contributed by atoms with Crippen LogP contribution in [-0.2, 0) is 9.47 Å². The van der Waals surface area contributed by atoms with Gasteiger partial charge in [0.25, 0.3) is 0 Å². The van der Waals surface area contributed by atoms with E-state index in [9.17, 15) is 0 Å². The van der Waals surface area contributed by atoms with Gasteiger partial charge in [-0.1, -0.05) is 72.8 Å². The van der Waals surface area contributed by atoms with Crippen LogP contribution in [0.25, 0.3) is 0 Å². The van der Waals surface area contributed by atoms with Crippen LogP contribution in [0.5, 0.6) is 0 Å². The molecule has 0 aromatic rings. The maximum Gasteiger partial charge on any atom is 0.157 e. The molecule has 0 radical (unpaired) electrons. The summed E-state index contributed by atoms with van der Waals surface area (Å²) in [6.07, 6.45) is 11.3. The van der Waals surface area contributed by atoms with Gasteiger partial charge in [0, 0.05) is 17.8 Å². The van der Waals surface area contributed by atoms with Gasteiger partial charge >= 0.3 is 0 Å². The number of fused-ring (bicyclic) bond motifs is 1. The highest BCUT2D eigenvalue weighted by molar-refractivity contribution is 5.41. The second-order valence-electron chi connectivity index (χ2n) is 7.98. The summed E-state index contributed by atoms with van der Waals surface area (Å²) in [5.74, 6) is 3.62. The molecule has 0 spiro atoms. The maximum atomic E-state index is 6.23. The lowest BCUT2D eigenvalue weighted by Gasteiger charge is -2.30. The molecule has 0 amide bonds. The van der Waals surface area contributed by atoms with Crippen molar-refractivity contribution in [3.63, 3.8) is 0 Å². The first-order valence-corrected chi connectivity index (χ1v) is 9.44. The van der Waals surface area contributed by atoms with Gasteiger partial charge in [0.05, 0.1) is 13.2 Å². The van der Waals surface area contributed by atoms with E-state index in [1.165, 1.54) is 5.57 Å². The quantitative estimate of drug-likeness (QED) is 0.516. The Morgan fingerprint density at radius 3 is 2.29 bits per heavy atom. The number of allylic oxidation sites excluding steroid dienone is 7. The predicted octanol–water partition coefficient (Wildman–Crippen LogP) is 5.89. The average Bonchev–Trinajstić information content (AvgIpc) is 2.86. The summed E-state index contributed by atoms with van der Waals surface area (Å²) in [6, 6.07) is 0. The molecular formula is C22H34O2. The molecule has 1 heterocycles. The topological polar surface area (TPSA) is 18.5 Å². The summed E-state index contributed by atoms with van der Waals surface area (Å²) >= 11 is 0. The molecule has 2 nitrogen and oxygen atoms in total. The third-order valence-corrected chi connectivity index (χ3v) is 5.20. The van der Waals surface area contributed by atoms with Crippen LogP contribution in [-0.4, -0.2) is 13.2 Å². The van der Waals surface area contributed by atoms with Gasteiger partial charge in [0.15, 0.2) is 5.76 Å². The Hall–Kier alpha value is -1.44. The molecule has 3 aliphatic rings. The largest absolute Gasteiger partial charge is 0.493 e. The maximum absolute atomic E-state index is 6.23. The fraction of sp³-hybridized carbons (Fsp3) is 0.636. The summed E-state index contributed by atoms with van der Waals surface area (Å²) in [7, 11) is 0. The van der Waals surface area contributed by atoms with Crippen molar-refractivity contribution in [2.24, 2.45) is 29.1 Å². The molecule has 0 aromatic carbocycles. The van der Waals surface area contributed by atoms with Crippen LogP contribution in [0.4, 0.5) is 0 Å². The second kappa shape index (κ2) is 7.63. The average molecular weight is 331 g/mol. The Kier molecular flexibility index (Phi) is 6.01. The van der Waals surface area contributed by atoms with Crippen molar-refractivity contribution in [1.82, 2.24) is 0 Å². The highest BCUT2D eigenvalue weighted by Crippen LogP contribution is 2.41. The Bertz CT molecular complexity index is 557. The Morgan fingerprint density at radius 1 is 0.958 bits per heavy atom. The standard InChI is InChI=1S/C20H28O2.C2H6/c1-13-6-8-15-10-18-19(14(2)17(15)9-7-13)22-12-16(11-21-18)20(3,4)5;1-2/h6-10,13-14,16-17H,11-12H2,1-5H3;1-2H3. The van der Waals surface area contributed by atoms with Gasteiger partial charge < -0.3 is 9.47 Å². The van der Waals surface area contributed by atoms with Gasteiger partial charge in [0.2, 0.25) is 0 Å². The molecule has 4 atom stereocenters. The molecule has 2 aliphatic carbocycles. The Labute approximate surface area is 148 Å². The fourth-order valence-electron chi connectivity index (χ4n) is 3.30. The third kappa shape index (κ3) is 3.96. The molecule has 3 rings (SSSR count). The van der Waals surface area contributed by atoms with Crippen molar-refractivity contribution in [2.75, 3.05) is 13.2 Å². The molecule has 0 bridgehead atoms. The van der Waals surface area contributed by atoms with E-state index in [-0.39, 0.29) is 5.41 Å². The fourth-order valence-corrected chi connectivity index (χ4v) is 3.30. The van der Waals surface area contributed by atoms with Crippen LogP contribution in [0.2, 0.25) is 0 Å². The van der Waals surface area contributed by atoms with E-state index in [2.05, 4.69) is 65.0 Å². The second-order valence-corrected chi connectivity index (χ2v) is 7.98. The number of hydrogen-bond donors (Lipinski definition) is 0. The van der Waals surface area contributed by atoms with Crippen molar-refractivity contribution in [3.05, 3.63) is 47.5 Å². The minimum absolute atomic E-state index is 0.199. The van der Waals surface area contributed by atoms with Gasteiger partial charge in [-0.05, 0) is 23.0 Å². The molecule has 2 heteroatoms. The summed E-state index contributed by atoms with van der Waals surface area (Å²) in [5.41, 5.74) is 1.54. The normalized spacial score (nSPS) is 32.0. The van der Waals surface area contributed by atoms with E-state index in [4.69, 9.17) is 9.47 Å². The van der Waals surface area contributed by atoms with E-state index >= 15 is 0 Å². The molecule has 0 saturated carbocycles. The van der Waals surface area contributed by atoms with Crippen LogP contribution in [0.1, 0.15) is 48.5 Å². The van der Waals surface area contributed by atoms with Crippen molar-refractivity contribution in [2.45, 2.75) is 48.5 Å². The first-order chi connectivity index (χ1) is 11.4. The van der Waals surface area contributed by atoms with Gasteiger partial charge in [-0.3, -0.25) is 0 Å². The Morgan fingerprint density at radius 2 is 1.62 bits per heavy atom. The summed E-state index contributed by atoms with van der Waals surface area (Å²) in [6.45, 7) is 16.7. The van der Waals surface area contributed by atoms with Gasteiger partial charge in [0.1, 0.15) is 5.76 Å². The van der Waals surface area contributed by atoms with Crippen LogP contribution in [0.3, 0.4) is 0 Å². The summed E-state index contributed by atoms with van der Waals surface area (Å²) in [4.78, 5) is 0. The van der Waals surface area contributed by atoms with Crippen molar-refractivity contribution >= 4 is 0 Å². The number of rotatable bonds is 0. The van der Waals surface area contributed by atoms with E-state index < -0.39 is 0 Å². The van der Waals surface area contributed by atoms with E-state index in [0.29, 0.717) is 23.7 Å². The van der Waals surface area contributed by atoms with Crippen LogP contribution >= 0.6 is 0 Å². The minimum atomic E-state index is 0.199. The molecule has 0 aromatic heterocycles. The molecule has 134 valence electrons. The lowest BCUT2D eigenvalue weighted by molar-refractivity contribution is 0.0658. The smallest absolute Gasteiger partial charge is 0.157 e. The molecule has 0 fully saturated rings. The summed E-state index contributed by atoms with van der Waals surface area (Å²) < 4.78 is 12.4. The minimum Gasteiger partial charge on any atom is -0.493 e.